The van der Waals surface area contributed by atoms with E-state index in [4.69, 9.17) is 5.73 Å². The van der Waals surface area contributed by atoms with Gasteiger partial charge in [0.2, 0.25) is 0 Å². The quantitative estimate of drug-likeness (QED) is 0.785. The third-order valence-electron chi connectivity index (χ3n) is 3.91. The minimum absolute atomic E-state index is 0.403. The molecule has 1 aliphatic carbocycles. The Kier molecular flexibility index (Phi) is 3.11. The zero-order valence-electron chi connectivity index (χ0n) is 9.74. The highest BCUT2D eigenvalue weighted by molar-refractivity contribution is 5.28. The fraction of sp³-hybridized carbons (Fsp3) is 0.571. The number of aryl methyl sites for hydroxylation is 1. The Labute approximate surface area is 92.7 Å². The normalized spacial score (nSPS) is 30.7. The van der Waals surface area contributed by atoms with E-state index in [-0.39, 0.29) is 0 Å². The predicted octanol–water partition coefficient (Wildman–Crippen LogP) is 3.09. The van der Waals surface area contributed by atoms with Crippen LogP contribution in [0.2, 0.25) is 0 Å². The Hall–Kier alpha value is -0.820. The average molecular weight is 203 g/mol. The molecule has 15 heavy (non-hydrogen) atoms. The van der Waals surface area contributed by atoms with Gasteiger partial charge in [-0.05, 0) is 42.2 Å². The summed E-state index contributed by atoms with van der Waals surface area (Å²) in [6.45, 7) is 4.50. The van der Waals surface area contributed by atoms with Gasteiger partial charge >= 0.3 is 0 Å². The zero-order chi connectivity index (χ0) is 10.8. The molecule has 0 radical (unpaired) electrons. The van der Waals surface area contributed by atoms with Gasteiger partial charge < -0.3 is 5.73 Å². The third kappa shape index (κ3) is 2.07. The van der Waals surface area contributed by atoms with Crippen LogP contribution in [0.15, 0.2) is 24.3 Å². The van der Waals surface area contributed by atoms with Gasteiger partial charge in [-0.15, -0.1) is 0 Å². The van der Waals surface area contributed by atoms with Crippen LogP contribution in [0, 0.1) is 5.92 Å². The molecule has 1 aromatic carbocycles. The maximum absolute atomic E-state index is 6.08. The van der Waals surface area contributed by atoms with Crippen LogP contribution < -0.4 is 5.73 Å². The lowest BCUT2D eigenvalue weighted by Crippen LogP contribution is -2.24. The summed E-state index contributed by atoms with van der Waals surface area (Å²) in [4.78, 5) is 0. The van der Waals surface area contributed by atoms with Gasteiger partial charge in [0.1, 0.15) is 0 Å². The summed E-state index contributed by atoms with van der Waals surface area (Å²) >= 11 is 0. The Morgan fingerprint density at radius 1 is 1.33 bits per heavy atom. The van der Waals surface area contributed by atoms with Crippen LogP contribution in [-0.4, -0.2) is 6.04 Å². The second-order valence-corrected chi connectivity index (χ2v) is 4.81. The number of benzene rings is 1. The highest BCUT2D eigenvalue weighted by Crippen LogP contribution is 2.38. The summed E-state index contributed by atoms with van der Waals surface area (Å²) in [5.41, 5.74) is 9.02. The highest BCUT2D eigenvalue weighted by Gasteiger charge is 2.31. The van der Waals surface area contributed by atoms with Crippen molar-refractivity contribution in [3.05, 3.63) is 35.4 Å². The van der Waals surface area contributed by atoms with E-state index in [0.29, 0.717) is 17.9 Å². The molecule has 3 unspecified atom stereocenters. The first-order valence-electron chi connectivity index (χ1n) is 6.06. The van der Waals surface area contributed by atoms with E-state index >= 15 is 0 Å². The molecule has 2 N–H and O–H groups in total. The summed E-state index contributed by atoms with van der Waals surface area (Å²) in [5, 5.41) is 0. The fourth-order valence-electron chi connectivity index (χ4n) is 2.71. The van der Waals surface area contributed by atoms with E-state index in [2.05, 4.69) is 38.1 Å². The molecule has 1 fully saturated rings. The molecule has 0 spiro atoms. The van der Waals surface area contributed by atoms with Crippen molar-refractivity contribution in [1.29, 1.82) is 0 Å². The first kappa shape index (κ1) is 10.7. The van der Waals surface area contributed by atoms with E-state index in [1.165, 1.54) is 24.0 Å². The van der Waals surface area contributed by atoms with Crippen LogP contribution in [0.1, 0.15) is 43.7 Å². The summed E-state index contributed by atoms with van der Waals surface area (Å²) in [6.07, 6.45) is 3.57. The highest BCUT2D eigenvalue weighted by atomic mass is 14.7. The van der Waals surface area contributed by atoms with Gasteiger partial charge in [0.25, 0.3) is 0 Å². The second kappa shape index (κ2) is 4.36. The monoisotopic (exact) mass is 203 g/mol. The molecular weight excluding hydrogens is 182 g/mol. The Bertz CT molecular complexity index is 332. The van der Waals surface area contributed by atoms with E-state index in [0.717, 1.165) is 6.42 Å². The molecule has 1 heteroatoms. The minimum Gasteiger partial charge on any atom is -0.327 e. The first-order valence-corrected chi connectivity index (χ1v) is 6.06. The molecule has 3 atom stereocenters. The van der Waals surface area contributed by atoms with E-state index in [9.17, 15) is 0 Å². The summed E-state index contributed by atoms with van der Waals surface area (Å²) in [5.74, 6) is 1.32. The molecule has 1 aromatic rings. The number of hydrogen-bond donors (Lipinski definition) is 1. The molecule has 0 aliphatic heterocycles. The van der Waals surface area contributed by atoms with Gasteiger partial charge in [0, 0.05) is 6.04 Å². The van der Waals surface area contributed by atoms with Gasteiger partial charge in [-0.3, -0.25) is 0 Å². The fourth-order valence-corrected chi connectivity index (χ4v) is 2.71. The molecule has 0 amide bonds. The minimum atomic E-state index is 0.403. The second-order valence-electron chi connectivity index (χ2n) is 4.81. The maximum atomic E-state index is 6.08. The standard InChI is InChI=1S/C14H21N/c1-3-11-5-4-6-12(9-11)13-7-8-14(15)10(13)2/h4-6,9-10,13-14H,3,7-8,15H2,1-2H3. The van der Waals surface area contributed by atoms with Gasteiger partial charge in [-0.2, -0.15) is 0 Å². The molecule has 1 saturated carbocycles. The lowest BCUT2D eigenvalue weighted by atomic mass is 9.88. The Morgan fingerprint density at radius 2 is 2.13 bits per heavy atom. The molecule has 82 valence electrons. The van der Waals surface area contributed by atoms with Crippen LogP contribution in [-0.2, 0) is 6.42 Å². The molecule has 0 aromatic heterocycles. The lowest BCUT2D eigenvalue weighted by Gasteiger charge is -2.19. The summed E-state index contributed by atoms with van der Waals surface area (Å²) in [6, 6.07) is 9.42. The smallest absolute Gasteiger partial charge is 0.00705 e. The van der Waals surface area contributed by atoms with E-state index < -0.39 is 0 Å². The van der Waals surface area contributed by atoms with Crippen LogP contribution in [0.3, 0.4) is 0 Å². The SMILES string of the molecule is CCc1cccc(C2CCC(N)C2C)c1. The van der Waals surface area contributed by atoms with Crippen molar-refractivity contribution in [1.82, 2.24) is 0 Å². The molecule has 2 rings (SSSR count). The summed E-state index contributed by atoms with van der Waals surface area (Å²) in [7, 11) is 0. The van der Waals surface area contributed by atoms with E-state index in [1.807, 2.05) is 0 Å². The van der Waals surface area contributed by atoms with Crippen molar-refractivity contribution in [2.75, 3.05) is 0 Å². The molecule has 0 saturated heterocycles. The van der Waals surface area contributed by atoms with Crippen LogP contribution in [0.5, 0.6) is 0 Å². The van der Waals surface area contributed by atoms with Crippen molar-refractivity contribution < 1.29 is 0 Å². The van der Waals surface area contributed by atoms with Crippen LogP contribution >= 0.6 is 0 Å². The predicted molar refractivity (Wildman–Crippen MR) is 64.9 cm³/mol. The van der Waals surface area contributed by atoms with Crippen molar-refractivity contribution in [2.24, 2.45) is 11.7 Å². The lowest BCUT2D eigenvalue weighted by molar-refractivity contribution is 0.479. The molecule has 0 bridgehead atoms. The van der Waals surface area contributed by atoms with Crippen molar-refractivity contribution in [2.45, 2.75) is 45.1 Å². The Morgan fingerprint density at radius 3 is 2.73 bits per heavy atom. The van der Waals surface area contributed by atoms with Gasteiger partial charge in [-0.1, -0.05) is 38.1 Å². The van der Waals surface area contributed by atoms with Gasteiger partial charge in [-0.25, -0.2) is 0 Å². The summed E-state index contributed by atoms with van der Waals surface area (Å²) < 4.78 is 0. The Balaban J connectivity index is 2.22. The number of nitrogens with two attached hydrogens (primary N) is 1. The first-order chi connectivity index (χ1) is 7.22. The largest absolute Gasteiger partial charge is 0.327 e. The van der Waals surface area contributed by atoms with E-state index in [1.54, 1.807) is 0 Å². The maximum Gasteiger partial charge on any atom is 0.00705 e. The number of hydrogen-bond acceptors (Lipinski definition) is 1. The molecular formula is C14H21N. The van der Waals surface area contributed by atoms with Crippen molar-refractivity contribution >= 4 is 0 Å². The molecule has 0 heterocycles. The van der Waals surface area contributed by atoms with Crippen LogP contribution in [0.25, 0.3) is 0 Å². The van der Waals surface area contributed by atoms with Crippen LogP contribution in [0.4, 0.5) is 0 Å². The average Bonchev–Trinajstić information content (AvgIpc) is 2.60. The zero-order valence-corrected chi connectivity index (χ0v) is 9.74. The van der Waals surface area contributed by atoms with Crippen molar-refractivity contribution in [3.63, 3.8) is 0 Å². The van der Waals surface area contributed by atoms with Crippen molar-refractivity contribution in [3.8, 4) is 0 Å². The third-order valence-corrected chi connectivity index (χ3v) is 3.91. The van der Waals surface area contributed by atoms with Gasteiger partial charge in [0.05, 0.1) is 0 Å². The topological polar surface area (TPSA) is 26.0 Å². The number of rotatable bonds is 2. The molecule has 1 nitrogen and oxygen atoms in total. The molecule has 1 aliphatic rings. The van der Waals surface area contributed by atoms with Gasteiger partial charge in [0.15, 0.2) is 0 Å².